The van der Waals surface area contributed by atoms with E-state index in [0.717, 1.165) is 12.3 Å². The number of rotatable bonds is 4. The Balaban J connectivity index is 3.06. The summed E-state index contributed by atoms with van der Waals surface area (Å²) in [6.07, 6.45) is 3.67. The maximum Gasteiger partial charge on any atom is 0.379 e. The summed E-state index contributed by atoms with van der Waals surface area (Å²) in [4.78, 5) is 0. The predicted octanol–water partition coefficient (Wildman–Crippen LogP) is 6.93. The summed E-state index contributed by atoms with van der Waals surface area (Å²) >= 11 is 0. The Morgan fingerprint density at radius 1 is 1.09 bits per heavy atom. The van der Waals surface area contributed by atoms with Crippen LogP contribution in [0.4, 0.5) is 0 Å². The van der Waals surface area contributed by atoms with E-state index in [2.05, 4.69) is 62.3 Å². The third-order valence-corrected chi connectivity index (χ3v) is 15.1. The van der Waals surface area contributed by atoms with Gasteiger partial charge in [0.15, 0.2) is 5.66 Å². The lowest BCUT2D eigenvalue weighted by molar-refractivity contribution is 0.238. The van der Waals surface area contributed by atoms with Crippen molar-refractivity contribution in [3.63, 3.8) is 0 Å². The molecule has 0 amide bonds. The topological polar surface area (TPSA) is 17.1 Å². The second kappa shape index (κ2) is 7.46. The molecule has 0 bridgehead atoms. The molecule has 23 heavy (non-hydrogen) atoms. The smallest absolute Gasteiger partial charge is 0.0703 e. The Morgan fingerprint density at radius 2 is 1.57 bits per heavy atom. The quantitative estimate of drug-likeness (QED) is 0.394. The van der Waals surface area contributed by atoms with E-state index in [0.29, 0.717) is 23.4 Å². The van der Waals surface area contributed by atoms with Gasteiger partial charge >= 0.3 is 15.4 Å². The molecule has 2 radical (unpaired) electrons. The first kappa shape index (κ1) is 21.6. The normalized spacial score (nSPS) is 28.1. The highest BCUT2D eigenvalue weighted by molar-refractivity contribution is 8.03. The molecule has 1 aliphatic carbocycles. The monoisotopic (exact) mass is 356 g/mol. The molecule has 0 aromatic rings. The van der Waals surface area contributed by atoms with Gasteiger partial charge in [-0.15, -0.1) is 0 Å². The highest BCUT2D eigenvalue weighted by atomic mass is 31.2. The molecular weight excluding hydrogens is 317 g/mol. The number of hydrogen-bond acceptors (Lipinski definition) is 1. The Morgan fingerprint density at radius 3 is 1.96 bits per heavy atom. The molecule has 0 aromatic carbocycles. The van der Waals surface area contributed by atoms with E-state index in [1.54, 1.807) is 0 Å². The third-order valence-electron chi connectivity index (χ3n) is 6.11. The van der Waals surface area contributed by atoms with Crippen LogP contribution in [-0.4, -0.2) is 29.4 Å². The van der Waals surface area contributed by atoms with Crippen molar-refractivity contribution in [3.8, 4) is 0 Å². The van der Waals surface area contributed by atoms with E-state index in [1.807, 2.05) is 0 Å². The zero-order valence-electron chi connectivity index (χ0n) is 17.0. The first-order valence-electron chi connectivity index (χ1n) is 9.31. The highest BCUT2D eigenvalue weighted by Gasteiger charge is 2.60. The van der Waals surface area contributed by atoms with Crippen molar-refractivity contribution in [1.82, 2.24) is 0 Å². The van der Waals surface area contributed by atoms with Gasteiger partial charge in [0, 0.05) is 13.1 Å². The summed E-state index contributed by atoms with van der Waals surface area (Å²) in [5.74, 6) is 2.71. The first-order valence-corrected chi connectivity index (χ1v) is 12.9. The maximum atomic E-state index is 13.5. The van der Waals surface area contributed by atoms with Gasteiger partial charge in [0.2, 0.25) is 5.90 Å². The molecule has 1 fully saturated rings. The molecule has 1 unspecified atom stereocenters. The van der Waals surface area contributed by atoms with Crippen LogP contribution in [0.1, 0.15) is 81.6 Å². The summed E-state index contributed by atoms with van der Waals surface area (Å²) < 4.78 is 13.5. The molecular formula is C19H39BOP2+2. The van der Waals surface area contributed by atoms with Gasteiger partial charge in [-0.05, 0) is 66.2 Å². The third kappa shape index (κ3) is 4.82. The molecule has 0 aliphatic heterocycles. The molecule has 1 rings (SSSR count). The lowest BCUT2D eigenvalue weighted by atomic mass is 9.77. The fourth-order valence-corrected chi connectivity index (χ4v) is 13.8. The Bertz CT molecular complexity index is 406. The van der Waals surface area contributed by atoms with Crippen molar-refractivity contribution < 1.29 is 4.57 Å². The van der Waals surface area contributed by atoms with Crippen molar-refractivity contribution in [1.29, 1.82) is 0 Å². The molecule has 0 heterocycles. The summed E-state index contributed by atoms with van der Waals surface area (Å²) in [7, 11) is 3.98. The molecule has 0 spiro atoms. The Labute approximate surface area is 148 Å². The van der Waals surface area contributed by atoms with Crippen LogP contribution < -0.4 is 0 Å². The van der Waals surface area contributed by atoms with E-state index in [-0.39, 0.29) is 10.3 Å². The molecule has 1 aliphatic rings. The minimum Gasteiger partial charge on any atom is -0.0703 e. The first-order chi connectivity index (χ1) is 10.2. The van der Waals surface area contributed by atoms with Crippen molar-refractivity contribution in [2.24, 2.45) is 17.8 Å². The molecule has 0 N–H and O–H groups in total. The van der Waals surface area contributed by atoms with Crippen LogP contribution >= 0.6 is 14.9 Å². The van der Waals surface area contributed by atoms with Gasteiger partial charge in [0.05, 0.1) is 10.3 Å². The van der Waals surface area contributed by atoms with Crippen molar-refractivity contribution in [3.05, 3.63) is 0 Å². The van der Waals surface area contributed by atoms with Crippen molar-refractivity contribution in [2.45, 2.75) is 97.5 Å². The number of hydrogen-bond donors (Lipinski definition) is 0. The molecule has 4 atom stereocenters. The molecule has 1 nitrogen and oxygen atoms in total. The van der Waals surface area contributed by atoms with Gasteiger partial charge in [0.1, 0.15) is 0 Å². The van der Waals surface area contributed by atoms with Crippen LogP contribution in [0.25, 0.3) is 0 Å². The lowest BCUT2D eigenvalue weighted by Gasteiger charge is -2.43. The van der Waals surface area contributed by atoms with Crippen LogP contribution in [-0.2, 0) is 4.57 Å². The summed E-state index contributed by atoms with van der Waals surface area (Å²) in [5.41, 5.74) is 0.376. The second-order valence-corrected chi connectivity index (χ2v) is 17.2. The molecule has 132 valence electrons. The van der Waals surface area contributed by atoms with Gasteiger partial charge in [-0.3, -0.25) is 0 Å². The zero-order valence-corrected chi connectivity index (χ0v) is 18.8. The standard InChI is InChI=1S/C19H39BOP2/c1-14(2)16-11-10-15(3)12-17(16)22(21)13-23(20,18(4,5)6)19(7,8)9/h14-17H,10-13H2,1-9H3/q+2/t15-,16+,17-/m1/s1. The second-order valence-electron chi connectivity index (χ2n) is 10.2. The van der Waals surface area contributed by atoms with Crippen LogP contribution in [0.15, 0.2) is 0 Å². The van der Waals surface area contributed by atoms with Crippen LogP contribution in [0.2, 0.25) is 0 Å². The minimum absolute atomic E-state index is 0.0455. The van der Waals surface area contributed by atoms with E-state index >= 15 is 0 Å². The van der Waals surface area contributed by atoms with Gasteiger partial charge in [-0.1, -0.05) is 31.8 Å². The lowest BCUT2D eigenvalue weighted by Crippen LogP contribution is -2.37. The SMILES string of the molecule is [B][P+](C[P+](=O)[C@@H]1C[C@H](C)CC[C@H]1C(C)C)(C(C)(C)C)C(C)(C)C. The predicted molar refractivity (Wildman–Crippen MR) is 110 cm³/mol. The summed E-state index contributed by atoms with van der Waals surface area (Å²) in [5, 5.41) is 0.0910. The molecule has 1 saturated carbocycles. The van der Waals surface area contributed by atoms with Crippen molar-refractivity contribution in [2.75, 3.05) is 5.90 Å². The molecule has 0 aromatic heterocycles. The minimum atomic E-state index is -1.82. The largest absolute Gasteiger partial charge is 0.379 e. The van der Waals surface area contributed by atoms with Crippen LogP contribution in [0.5, 0.6) is 0 Å². The Hall–Kier alpha value is 0.595. The van der Waals surface area contributed by atoms with E-state index in [4.69, 9.17) is 7.57 Å². The fourth-order valence-electron chi connectivity index (χ4n) is 4.24. The van der Waals surface area contributed by atoms with Crippen LogP contribution in [0, 0.1) is 17.8 Å². The van der Waals surface area contributed by atoms with Crippen LogP contribution in [0.3, 0.4) is 0 Å². The molecule has 4 heteroatoms. The van der Waals surface area contributed by atoms with Gasteiger partial charge < -0.3 is 0 Å². The maximum absolute atomic E-state index is 13.5. The Kier molecular flexibility index (Phi) is 7.01. The average molecular weight is 356 g/mol. The van der Waals surface area contributed by atoms with E-state index in [9.17, 15) is 4.57 Å². The highest BCUT2D eigenvalue weighted by Crippen LogP contribution is 2.76. The average Bonchev–Trinajstić information content (AvgIpc) is 2.35. The summed E-state index contributed by atoms with van der Waals surface area (Å²) in [6, 6.07) is 0. The molecule has 0 saturated heterocycles. The zero-order chi connectivity index (χ0) is 18.2. The van der Waals surface area contributed by atoms with Crippen molar-refractivity contribution >= 4 is 22.5 Å². The van der Waals surface area contributed by atoms with Gasteiger partial charge in [-0.2, -0.15) is 0 Å². The van der Waals surface area contributed by atoms with E-state index < -0.39 is 14.9 Å². The van der Waals surface area contributed by atoms with E-state index in [1.165, 1.54) is 12.8 Å². The summed E-state index contributed by atoms with van der Waals surface area (Å²) in [6.45, 7) is 20.4. The van der Waals surface area contributed by atoms with Gasteiger partial charge in [0.25, 0.3) is 0 Å². The fraction of sp³-hybridized carbons (Fsp3) is 1.00. The van der Waals surface area contributed by atoms with Gasteiger partial charge in [-0.25, -0.2) is 0 Å².